The van der Waals surface area contributed by atoms with E-state index < -0.39 is 0 Å². The first-order chi connectivity index (χ1) is 10.1. The second kappa shape index (κ2) is 6.27. The predicted octanol–water partition coefficient (Wildman–Crippen LogP) is 4.58. The van der Waals surface area contributed by atoms with Gasteiger partial charge in [0, 0.05) is 23.6 Å². The van der Waals surface area contributed by atoms with Crippen LogP contribution in [0.5, 0.6) is 0 Å². The Hall–Kier alpha value is -0.580. The third-order valence-electron chi connectivity index (χ3n) is 4.18. The van der Waals surface area contributed by atoms with Gasteiger partial charge in [0.2, 0.25) is 0 Å². The zero-order chi connectivity index (χ0) is 15.0. The molecule has 0 spiro atoms. The first-order valence-corrected chi connectivity index (χ1v) is 8.87. The Bertz CT molecular complexity index is 634. The minimum atomic E-state index is -0.0767. The molecule has 0 saturated heterocycles. The van der Waals surface area contributed by atoms with Gasteiger partial charge in [-0.05, 0) is 44.5 Å². The maximum Gasteiger partial charge on any atom is 0.127 e. The highest BCUT2D eigenvalue weighted by Crippen LogP contribution is 2.29. The normalized spacial score (nSPS) is 16.8. The molecule has 1 aliphatic rings. The molecule has 1 aromatic carbocycles. The first kappa shape index (κ1) is 15.3. The van der Waals surface area contributed by atoms with Crippen LogP contribution in [0.1, 0.15) is 37.9 Å². The van der Waals surface area contributed by atoms with E-state index in [0.29, 0.717) is 0 Å². The number of alkyl halides is 1. The van der Waals surface area contributed by atoms with Crippen LogP contribution in [-0.4, -0.2) is 33.6 Å². The molecule has 1 fully saturated rings. The van der Waals surface area contributed by atoms with Crippen molar-refractivity contribution in [2.75, 3.05) is 13.1 Å². The Morgan fingerprint density at radius 1 is 1.48 bits per heavy atom. The first-order valence-electron chi connectivity index (χ1n) is 7.64. The molecular formula is C16H21BrClN3. The summed E-state index contributed by atoms with van der Waals surface area (Å²) in [5.41, 5.74) is 2.19. The number of aromatic nitrogens is 2. The van der Waals surface area contributed by atoms with Crippen LogP contribution >= 0.6 is 27.5 Å². The monoisotopic (exact) mass is 369 g/mol. The second-order valence-corrected chi connectivity index (χ2v) is 7.30. The maximum atomic E-state index is 6.33. The molecule has 0 N–H and O–H groups in total. The lowest BCUT2D eigenvalue weighted by Gasteiger charge is -2.21. The van der Waals surface area contributed by atoms with Gasteiger partial charge in [-0.3, -0.25) is 4.90 Å². The van der Waals surface area contributed by atoms with Crippen LogP contribution < -0.4 is 0 Å². The summed E-state index contributed by atoms with van der Waals surface area (Å²) in [6.07, 6.45) is 2.70. The van der Waals surface area contributed by atoms with E-state index in [2.05, 4.69) is 50.5 Å². The van der Waals surface area contributed by atoms with Gasteiger partial charge >= 0.3 is 0 Å². The maximum absolute atomic E-state index is 6.33. The molecule has 1 heterocycles. The van der Waals surface area contributed by atoms with Gasteiger partial charge in [-0.25, -0.2) is 4.98 Å². The van der Waals surface area contributed by atoms with Gasteiger partial charge in [0.15, 0.2) is 0 Å². The van der Waals surface area contributed by atoms with Crippen LogP contribution in [0.4, 0.5) is 0 Å². The highest BCUT2D eigenvalue weighted by molar-refractivity contribution is 9.10. The van der Waals surface area contributed by atoms with Crippen molar-refractivity contribution in [1.82, 2.24) is 14.5 Å². The minimum Gasteiger partial charge on any atom is -0.325 e. The van der Waals surface area contributed by atoms with Gasteiger partial charge < -0.3 is 4.57 Å². The SMILES string of the molecule is CCN(CCn1c(C(C)Cl)nc2cc(Br)ccc21)C1CC1. The zero-order valence-electron chi connectivity index (χ0n) is 12.5. The summed E-state index contributed by atoms with van der Waals surface area (Å²) in [6, 6.07) is 7.06. The quantitative estimate of drug-likeness (QED) is 0.694. The van der Waals surface area contributed by atoms with E-state index in [1.165, 1.54) is 18.4 Å². The molecule has 1 unspecified atom stereocenters. The number of hydrogen-bond acceptors (Lipinski definition) is 2. The molecule has 0 radical (unpaired) electrons. The van der Waals surface area contributed by atoms with Crippen LogP contribution in [0.25, 0.3) is 11.0 Å². The van der Waals surface area contributed by atoms with Gasteiger partial charge in [0.25, 0.3) is 0 Å². The number of nitrogens with zero attached hydrogens (tertiary/aromatic N) is 3. The number of benzene rings is 1. The fourth-order valence-electron chi connectivity index (χ4n) is 2.93. The van der Waals surface area contributed by atoms with Gasteiger partial charge in [-0.15, -0.1) is 11.6 Å². The Labute approximate surface area is 139 Å². The second-order valence-electron chi connectivity index (χ2n) is 5.73. The van der Waals surface area contributed by atoms with Crippen molar-refractivity contribution in [3.05, 3.63) is 28.5 Å². The van der Waals surface area contributed by atoms with E-state index in [-0.39, 0.29) is 5.38 Å². The number of rotatable bonds is 6. The topological polar surface area (TPSA) is 21.1 Å². The molecule has 2 aromatic rings. The van der Waals surface area contributed by atoms with Crippen LogP contribution in [0.2, 0.25) is 0 Å². The summed E-state index contributed by atoms with van der Waals surface area (Å²) >= 11 is 9.85. The molecule has 0 aliphatic heterocycles. The molecule has 0 bridgehead atoms. The number of hydrogen-bond donors (Lipinski definition) is 0. The summed E-state index contributed by atoms with van der Waals surface area (Å²) in [5.74, 6) is 0.969. The summed E-state index contributed by atoms with van der Waals surface area (Å²) in [6.45, 7) is 7.38. The molecule has 1 aliphatic carbocycles. The molecular weight excluding hydrogens is 350 g/mol. The van der Waals surface area contributed by atoms with Crippen LogP contribution in [0.15, 0.2) is 22.7 Å². The van der Waals surface area contributed by atoms with Crippen molar-refractivity contribution >= 4 is 38.6 Å². The Morgan fingerprint density at radius 2 is 2.24 bits per heavy atom. The van der Waals surface area contributed by atoms with Gasteiger partial charge in [-0.2, -0.15) is 0 Å². The van der Waals surface area contributed by atoms with Crippen molar-refractivity contribution in [3.63, 3.8) is 0 Å². The number of halogens is 2. The van der Waals surface area contributed by atoms with E-state index >= 15 is 0 Å². The van der Waals surface area contributed by atoms with Gasteiger partial charge in [0.05, 0.1) is 16.4 Å². The average Bonchev–Trinajstić information content (AvgIpc) is 3.21. The predicted molar refractivity (Wildman–Crippen MR) is 92.0 cm³/mol. The molecule has 5 heteroatoms. The van der Waals surface area contributed by atoms with E-state index in [0.717, 1.165) is 41.5 Å². The largest absolute Gasteiger partial charge is 0.325 e. The van der Waals surface area contributed by atoms with E-state index in [4.69, 9.17) is 16.6 Å². The molecule has 21 heavy (non-hydrogen) atoms. The molecule has 114 valence electrons. The van der Waals surface area contributed by atoms with Crippen LogP contribution in [0.3, 0.4) is 0 Å². The van der Waals surface area contributed by atoms with Crippen molar-refractivity contribution in [2.24, 2.45) is 0 Å². The molecule has 1 saturated carbocycles. The van der Waals surface area contributed by atoms with Gasteiger partial charge in [0.1, 0.15) is 5.82 Å². The zero-order valence-corrected chi connectivity index (χ0v) is 14.9. The molecule has 1 atom stereocenters. The Morgan fingerprint density at radius 3 is 2.86 bits per heavy atom. The van der Waals surface area contributed by atoms with E-state index in [1.807, 2.05) is 6.92 Å². The minimum absolute atomic E-state index is 0.0767. The summed E-state index contributed by atoms with van der Waals surface area (Å²) in [4.78, 5) is 7.28. The average molecular weight is 371 g/mol. The Balaban J connectivity index is 1.89. The fourth-order valence-corrected chi connectivity index (χ4v) is 3.44. The van der Waals surface area contributed by atoms with Crippen molar-refractivity contribution in [3.8, 4) is 0 Å². The summed E-state index contributed by atoms with van der Waals surface area (Å²) in [5, 5.41) is -0.0767. The molecule has 0 amide bonds. The van der Waals surface area contributed by atoms with Crippen molar-refractivity contribution in [2.45, 2.75) is 44.7 Å². The number of likely N-dealkylation sites (N-methyl/N-ethyl adjacent to an activating group) is 1. The van der Waals surface area contributed by atoms with E-state index in [9.17, 15) is 0 Å². The smallest absolute Gasteiger partial charge is 0.127 e. The summed E-state index contributed by atoms with van der Waals surface area (Å²) in [7, 11) is 0. The number of fused-ring (bicyclic) bond motifs is 1. The lowest BCUT2D eigenvalue weighted by atomic mass is 10.3. The third-order valence-corrected chi connectivity index (χ3v) is 4.86. The van der Waals surface area contributed by atoms with Crippen LogP contribution in [0, 0.1) is 0 Å². The fraction of sp³-hybridized carbons (Fsp3) is 0.562. The Kier molecular flexibility index (Phi) is 4.57. The lowest BCUT2D eigenvalue weighted by molar-refractivity contribution is 0.266. The molecule has 3 nitrogen and oxygen atoms in total. The third kappa shape index (κ3) is 3.27. The van der Waals surface area contributed by atoms with Gasteiger partial charge in [-0.1, -0.05) is 22.9 Å². The molecule has 3 rings (SSSR count). The highest BCUT2D eigenvalue weighted by atomic mass is 79.9. The molecule has 1 aromatic heterocycles. The standard InChI is InChI=1S/C16H21BrClN3/c1-3-20(13-5-6-13)8-9-21-15-7-4-12(17)10-14(15)19-16(21)11(2)18/h4,7,10-11,13H,3,5-6,8-9H2,1-2H3. The lowest BCUT2D eigenvalue weighted by Crippen LogP contribution is -2.29. The van der Waals surface area contributed by atoms with Crippen LogP contribution in [-0.2, 0) is 6.54 Å². The van der Waals surface area contributed by atoms with Crippen molar-refractivity contribution in [1.29, 1.82) is 0 Å². The van der Waals surface area contributed by atoms with Crippen molar-refractivity contribution < 1.29 is 0 Å². The number of imidazole rings is 1. The highest BCUT2D eigenvalue weighted by Gasteiger charge is 2.27. The summed E-state index contributed by atoms with van der Waals surface area (Å²) < 4.78 is 3.34. The van der Waals surface area contributed by atoms with E-state index in [1.54, 1.807) is 0 Å².